The summed E-state index contributed by atoms with van der Waals surface area (Å²) in [5.74, 6) is 0.809. The van der Waals surface area contributed by atoms with Crippen LogP contribution in [0.25, 0.3) is 10.8 Å². The smallest absolute Gasteiger partial charge is 0.227 e. The summed E-state index contributed by atoms with van der Waals surface area (Å²) in [6.07, 6.45) is 0.280. The van der Waals surface area contributed by atoms with Gasteiger partial charge in [0.1, 0.15) is 5.75 Å². The number of carbonyl (C=O) groups excluding carboxylic acids is 1. The summed E-state index contributed by atoms with van der Waals surface area (Å²) in [4.78, 5) is 15.5. The minimum atomic E-state index is 0.0708. The first kappa shape index (κ1) is 21.1. The molecule has 0 aliphatic rings. The van der Waals surface area contributed by atoms with Crippen LogP contribution < -0.4 is 4.74 Å². The summed E-state index contributed by atoms with van der Waals surface area (Å²) in [6, 6.07) is 30.3. The van der Waals surface area contributed by atoms with Crippen molar-refractivity contribution in [2.24, 2.45) is 0 Å². The Morgan fingerprint density at radius 2 is 1.45 bits per heavy atom. The summed E-state index contributed by atoms with van der Waals surface area (Å²) in [5, 5.41) is 2.12. The Balaban J connectivity index is 1.67. The first-order valence-electron chi connectivity index (χ1n) is 10.2. The molecule has 1 amide bonds. The summed E-state index contributed by atoms with van der Waals surface area (Å²) in [6.45, 7) is 1.13. The maximum atomic E-state index is 13.6. The van der Waals surface area contributed by atoms with Crippen LogP contribution in [0.2, 0.25) is 0 Å². The minimum absolute atomic E-state index is 0.0708. The van der Waals surface area contributed by atoms with Crippen LogP contribution >= 0.6 is 15.9 Å². The molecule has 0 saturated carbocycles. The predicted octanol–water partition coefficient (Wildman–Crippen LogP) is 6.38. The third kappa shape index (κ3) is 5.15. The van der Waals surface area contributed by atoms with Crippen molar-refractivity contribution < 1.29 is 9.53 Å². The van der Waals surface area contributed by atoms with Crippen LogP contribution in [0.1, 0.15) is 16.7 Å². The SMILES string of the molecule is COc1ccc2cc(Br)ccc2c1CC(=O)N(Cc1ccccc1)Cc1ccccc1. The van der Waals surface area contributed by atoms with Gasteiger partial charge in [0, 0.05) is 23.1 Å². The third-order valence-electron chi connectivity index (χ3n) is 5.38. The molecule has 0 heterocycles. The van der Waals surface area contributed by atoms with Crippen LogP contribution in [-0.2, 0) is 24.3 Å². The fourth-order valence-corrected chi connectivity index (χ4v) is 4.20. The van der Waals surface area contributed by atoms with E-state index in [9.17, 15) is 4.79 Å². The molecule has 4 rings (SSSR count). The van der Waals surface area contributed by atoms with Crippen molar-refractivity contribution in [1.82, 2.24) is 4.90 Å². The number of nitrogens with zero attached hydrogens (tertiary/aromatic N) is 1. The van der Waals surface area contributed by atoms with Gasteiger partial charge in [0.25, 0.3) is 0 Å². The Bertz CT molecular complexity index is 1130. The first-order chi connectivity index (χ1) is 15.1. The van der Waals surface area contributed by atoms with Crippen LogP contribution in [0.5, 0.6) is 5.75 Å². The van der Waals surface area contributed by atoms with Crippen molar-refractivity contribution in [1.29, 1.82) is 0 Å². The van der Waals surface area contributed by atoms with Gasteiger partial charge in [-0.3, -0.25) is 4.79 Å². The molecule has 0 aromatic heterocycles. The molecule has 4 heteroatoms. The van der Waals surface area contributed by atoms with Crippen LogP contribution in [0.15, 0.2) is 95.5 Å². The summed E-state index contributed by atoms with van der Waals surface area (Å²) < 4.78 is 6.63. The second kappa shape index (κ2) is 9.80. The number of amides is 1. The van der Waals surface area contributed by atoms with Crippen LogP contribution in [0.4, 0.5) is 0 Å². The topological polar surface area (TPSA) is 29.5 Å². The van der Waals surface area contributed by atoms with Gasteiger partial charge in [-0.25, -0.2) is 0 Å². The monoisotopic (exact) mass is 473 g/mol. The largest absolute Gasteiger partial charge is 0.496 e. The zero-order valence-electron chi connectivity index (χ0n) is 17.4. The van der Waals surface area contributed by atoms with E-state index < -0.39 is 0 Å². The number of ether oxygens (including phenoxy) is 1. The fourth-order valence-electron chi connectivity index (χ4n) is 3.82. The maximum Gasteiger partial charge on any atom is 0.227 e. The molecule has 0 spiro atoms. The number of halogens is 1. The van der Waals surface area contributed by atoms with Crippen LogP contribution in [0, 0.1) is 0 Å². The quantitative estimate of drug-likeness (QED) is 0.311. The molecule has 3 nitrogen and oxygen atoms in total. The number of fused-ring (bicyclic) bond motifs is 1. The molecule has 0 unspecified atom stereocenters. The van der Waals surface area contributed by atoms with E-state index in [0.717, 1.165) is 37.7 Å². The average molecular weight is 474 g/mol. The van der Waals surface area contributed by atoms with Gasteiger partial charge in [-0.15, -0.1) is 0 Å². The van der Waals surface area contributed by atoms with Crippen molar-refractivity contribution in [2.75, 3.05) is 7.11 Å². The van der Waals surface area contributed by atoms with Gasteiger partial charge in [-0.2, -0.15) is 0 Å². The summed E-state index contributed by atoms with van der Waals surface area (Å²) in [7, 11) is 1.65. The highest BCUT2D eigenvalue weighted by molar-refractivity contribution is 9.10. The van der Waals surface area contributed by atoms with E-state index >= 15 is 0 Å². The molecule has 0 radical (unpaired) electrons. The van der Waals surface area contributed by atoms with Gasteiger partial charge in [0.2, 0.25) is 5.91 Å². The Labute approximate surface area is 191 Å². The molecule has 31 heavy (non-hydrogen) atoms. The highest BCUT2D eigenvalue weighted by atomic mass is 79.9. The van der Waals surface area contributed by atoms with Gasteiger partial charge < -0.3 is 9.64 Å². The Morgan fingerprint density at radius 1 is 0.839 bits per heavy atom. The van der Waals surface area contributed by atoms with Gasteiger partial charge in [0.05, 0.1) is 13.5 Å². The fraction of sp³-hybridized carbons (Fsp3) is 0.148. The lowest BCUT2D eigenvalue weighted by molar-refractivity contribution is -0.131. The van der Waals surface area contributed by atoms with E-state index in [-0.39, 0.29) is 12.3 Å². The molecule has 0 saturated heterocycles. The number of benzene rings is 4. The van der Waals surface area contributed by atoms with Crippen molar-refractivity contribution in [3.63, 3.8) is 0 Å². The highest BCUT2D eigenvalue weighted by Gasteiger charge is 2.19. The van der Waals surface area contributed by atoms with Gasteiger partial charge in [-0.05, 0) is 40.1 Å². The van der Waals surface area contributed by atoms with Gasteiger partial charge in [0.15, 0.2) is 0 Å². The predicted molar refractivity (Wildman–Crippen MR) is 129 cm³/mol. The normalized spacial score (nSPS) is 10.8. The van der Waals surface area contributed by atoms with Crippen LogP contribution in [0.3, 0.4) is 0 Å². The van der Waals surface area contributed by atoms with E-state index in [2.05, 4.69) is 46.3 Å². The molecular weight excluding hydrogens is 450 g/mol. The average Bonchev–Trinajstić information content (AvgIpc) is 2.80. The van der Waals surface area contributed by atoms with E-state index in [1.807, 2.05) is 65.6 Å². The third-order valence-corrected chi connectivity index (χ3v) is 5.88. The Kier molecular flexibility index (Phi) is 6.68. The van der Waals surface area contributed by atoms with E-state index in [4.69, 9.17) is 4.74 Å². The molecule has 4 aromatic carbocycles. The molecule has 0 aliphatic carbocycles. The molecular formula is C27H24BrNO2. The first-order valence-corrected chi connectivity index (χ1v) is 11.0. The lowest BCUT2D eigenvalue weighted by Crippen LogP contribution is -2.31. The van der Waals surface area contributed by atoms with Crippen LogP contribution in [-0.4, -0.2) is 17.9 Å². The number of carbonyl (C=O) groups is 1. The Hall–Kier alpha value is -3.11. The van der Waals surface area contributed by atoms with Crippen molar-refractivity contribution >= 4 is 32.6 Å². The zero-order chi connectivity index (χ0) is 21.6. The van der Waals surface area contributed by atoms with Gasteiger partial charge in [-0.1, -0.05) is 88.7 Å². The number of methoxy groups -OCH3 is 1. The molecule has 4 aromatic rings. The molecule has 0 N–H and O–H groups in total. The number of hydrogen-bond donors (Lipinski definition) is 0. The summed E-state index contributed by atoms with van der Waals surface area (Å²) in [5.41, 5.74) is 3.14. The van der Waals surface area contributed by atoms with Crippen molar-refractivity contribution in [2.45, 2.75) is 19.5 Å². The molecule has 0 aliphatic heterocycles. The lowest BCUT2D eigenvalue weighted by atomic mass is 10.00. The Morgan fingerprint density at radius 3 is 2.03 bits per heavy atom. The standard InChI is InChI=1S/C27H24BrNO2/c1-31-26-15-12-22-16-23(28)13-14-24(22)25(26)17-27(30)29(18-20-8-4-2-5-9-20)19-21-10-6-3-7-11-21/h2-16H,17-19H2,1H3. The molecule has 0 bridgehead atoms. The van der Waals surface area contributed by atoms with Gasteiger partial charge >= 0.3 is 0 Å². The second-order valence-electron chi connectivity index (χ2n) is 7.51. The number of hydrogen-bond acceptors (Lipinski definition) is 2. The highest BCUT2D eigenvalue weighted by Crippen LogP contribution is 2.31. The minimum Gasteiger partial charge on any atom is -0.496 e. The second-order valence-corrected chi connectivity index (χ2v) is 8.43. The molecule has 0 atom stereocenters. The zero-order valence-corrected chi connectivity index (χ0v) is 19.0. The molecule has 0 fully saturated rings. The van der Waals surface area contributed by atoms with E-state index in [1.54, 1.807) is 7.11 Å². The number of rotatable bonds is 7. The molecule has 156 valence electrons. The van der Waals surface area contributed by atoms with E-state index in [1.165, 1.54) is 0 Å². The summed E-state index contributed by atoms with van der Waals surface area (Å²) >= 11 is 3.53. The van der Waals surface area contributed by atoms with Crippen molar-refractivity contribution in [3.8, 4) is 5.75 Å². The lowest BCUT2D eigenvalue weighted by Gasteiger charge is -2.24. The van der Waals surface area contributed by atoms with Crippen molar-refractivity contribution in [3.05, 3.63) is 112 Å². The maximum absolute atomic E-state index is 13.6. The van der Waals surface area contributed by atoms with E-state index in [0.29, 0.717) is 13.1 Å².